The highest BCUT2D eigenvalue weighted by atomic mass is 16.6. The first kappa shape index (κ1) is 15.4. The molecule has 1 aromatic carbocycles. The van der Waals surface area contributed by atoms with Crippen molar-refractivity contribution in [1.82, 2.24) is 5.32 Å². The minimum absolute atomic E-state index is 0.00634. The zero-order valence-electron chi connectivity index (χ0n) is 10.9. The van der Waals surface area contributed by atoms with Gasteiger partial charge in [0.2, 0.25) is 5.91 Å². The summed E-state index contributed by atoms with van der Waals surface area (Å²) in [4.78, 5) is 21.5. The fourth-order valence-electron chi connectivity index (χ4n) is 1.43. The lowest BCUT2D eigenvalue weighted by atomic mass is 10.2. The Morgan fingerprint density at radius 3 is 2.90 bits per heavy atom. The molecule has 0 aliphatic heterocycles. The topological polar surface area (TPSA) is 117 Å². The molecule has 8 heteroatoms. The normalized spacial score (nSPS) is 9.60. The summed E-state index contributed by atoms with van der Waals surface area (Å²) in [5.74, 6) is -0.237. The summed E-state index contributed by atoms with van der Waals surface area (Å²) in [6.07, 6.45) is 0. The van der Waals surface area contributed by atoms with Crippen LogP contribution in [0, 0.1) is 21.4 Å². The van der Waals surface area contributed by atoms with Crippen LogP contribution in [0.5, 0.6) is 0 Å². The molecule has 0 unspecified atom stereocenters. The van der Waals surface area contributed by atoms with E-state index in [1.165, 1.54) is 25.3 Å². The smallest absolute Gasteiger partial charge is 0.287 e. The number of hydrogen-bond donors (Lipinski definition) is 2. The van der Waals surface area contributed by atoms with Crippen LogP contribution < -0.4 is 10.6 Å². The summed E-state index contributed by atoms with van der Waals surface area (Å²) in [7, 11) is 1.53. The summed E-state index contributed by atoms with van der Waals surface area (Å²) in [5, 5.41) is 24.9. The first-order valence-electron chi connectivity index (χ1n) is 5.76. The Balaban J connectivity index is 2.59. The first-order valence-corrected chi connectivity index (χ1v) is 5.76. The quantitative estimate of drug-likeness (QED) is 0.429. The number of carbonyl (C=O) groups excluding carboxylic acids is 1. The van der Waals surface area contributed by atoms with E-state index in [4.69, 9.17) is 10.00 Å². The molecule has 0 radical (unpaired) electrons. The van der Waals surface area contributed by atoms with Crippen molar-refractivity contribution in [2.75, 3.05) is 32.1 Å². The van der Waals surface area contributed by atoms with Crippen molar-refractivity contribution < 1.29 is 14.5 Å². The van der Waals surface area contributed by atoms with Gasteiger partial charge in [0.25, 0.3) is 5.69 Å². The summed E-state index contributed by atoms with van der Waals surface area (Å²) in [6, 6.07) is 5.75. The zero-order valence-corrected chi connectivity index (χ0v) is 10.9. The molecular formula is C12H14N4O4. The van der Waals surface area contributed by atoms with Crippen LogP contribution in [0.4, 0.5) is 11.4 Å². The number of methoxy groups -OCH3 is 1. The number of nitro groups is 1. The zero-order chi connectivity index (χ0) is 15.0. The fraction of sp³-hybridized carbons (Fsp3) is 0.333. The lowest BCUT2D eigenvalue weighted by molar-refractivity contribution is -0.385. The number of nitriles is 1. The van der Waals surface area contributed by atoms with Crippen LogP contribution in [0.1, 0.15) is 5.56 Å². The van der Waals surface area contributed by atoms with Crippen LogP contribution in [0.15, 0.2) is 18.2 Å². The standard InChI is InChI=1S/C12H14N4O4/c1-20-5-4-14-12(17)8-15-10-2-3-11(16(18)19)9(6-10)7-13/h2-3,6,15H,4-5,8H2,1H3,(H,14,17). The largest absolute Gasteiger partial charge is 0.383 e. The molecule has 1 rings (SSSR count). The molecule has 0 aliphatic rings. The van der Waals surface area contributed by atoms with Crippen molar-refractivity contribution in [3.05, 3.63) is 33.9 Å². The average Bonchev–Trinajstić information content (AvgIpc) is 2.44. The van der Waals surface area contributed by atoms with Gasteiger partial charge in [-0.15, -0.1) is 0 Å². The lowest BCUT2D eigenvalue weighted by Gasteiger charge is -2.07. The number of nitro benzene ring substituents is 1. The number of hydrogen-bond acceptors (Lipinski definition) is 6. The molecule has 0 heterocycles. The molecule has 0 fully saturated rings. The van der Waals surface area contributed by atoms with Crippen molar-refractivity contribution in [2.24, 2.45) is 0 Å². The number of benzene rings is 1. The van der Waals surface area contributed by atoms with Crippen LogP contribution >= 0.6 is 0 Å². The predicted octanol–water partition coefficient (Wildman–Crippen LogP) is 0.641. The van der Waals surface area contributed by atoms with Gasteiger partial charge in [0.15, 0.2) is 0 Å². The monoisotopic (exact) mass is 278 g/mol. The summed E-state index contributed by atoms with van der Waals surface area (Å²) in [6.45, 7) is 0.828. The number of nitrogens with one attached hydrogen (secondary N) is 2. The molecule has 0 bridgehead atoms. The average molecular weight is 278 g/mol. The Kier molecular flexibility index (Phi) is 5.93. The van der Waals surface area contributed by atoms with E-state index >= 15 is 0 Å². The van der Waals surface area contributed by atoms with Crippen LogP contribution in [0.3, 0.4) is 0 Å². The molecule has 0 saturated heterocycles. The molecule has 1 aromatic rings. The number of carbonyl (C=O) groups is 1. The van der Waals surface area contributed by atoms with Gasteiger partial charge in [-0.25, -0.2) is 0 Å². The highest BCUT2D eigenvalue weighted by molar-refractivity contribution is 5.80. The number of anilines is 1. The van der Waals surface area contributed by atoms with Gasteiger partial charge < -0.3 is 15.4 Å². The third-order valence-electron chi connectivity index (χ3n) is 2.40. The van der Waals surface area contributed by atoms with E-state index in [2.05, 4.69) is 10.6 Å². The van der Waals surface area contributed by atoms with Gasteiger partial charge in [-0.2, -0.15) is 5.26 Å². The second kappa shape index (κ2) is 7.70. The highest BCUT2D eigenvalue weighted by Gasteiger charge is 2.13. The molecule has 0 atom stereocenters. The molecule has 20 heavy (non-hydrogen) atoms. The van der Waals surface area contributed by atoms with Crippen LogP contribution in [0.25, 0.3) is 0 Å². The van der Waals surface area contributed by atoms with E-state index in [1.807, 2.05) is 0 Å². The van der Waals surface area contributed by atoms with Gasteiger partial charge in [-0.3, -0.25) is 14.9 Å². The van der Waals surface area contributed by atoms with Gasteiger partial charge in [-0.05, 0) is 12.1 Å². The third-order valence-corrected chi connectivity index (χ3v) is 2.40. The van der Waals surface area contributed by atoms with E-state index in [0.717, 1.165) is 0 Å². The predicted molar refractivity (Wildman–Crippen MR) is 71.2 cm³/mol. The van der Waals surface area contributed by atoms with Crippen molar-refractivity contribution in [1.29, 1.82) is 5.26 Å². The summed E-state index contributed by atoms with van der Waals surface area (Å²) < 4.78 is 4.79. The Labute approximate surface area is 115 Å². The molecule has 106 valence electrons. The maximum atomic E-state index is 11.4. The second-order valence-electron chi connectivity index (χ2n) is 3.80. The molecule has 0 aliphatic carbocycles. The number of amides is 1. The maximum Gasteiger partial charge on any atom is 0.287 e. The first-order chi connectivity index (χ1) is 9.58. The Hall–Kier alpha value is -2.66. The van der Waals surface area contributed by atoms with Gasteiger partial charge in [-0.1, -0.05) is 0 Å². The Bertz CT molecular complexity index is 539. The SMILES string of the molecule is COCCNC(=O)CNc1ccc([N+](=O)[O-])c(C#N)c1. The van der Waals surface area contributed by atoms with Gasteiger partial charge in [0.1, 0.15) is 11.6 Å². The second-order valence-corrected chi connectivity index (χ2v) is 3.80. The number of nitrogens with zero attached hydrogens (tertiary/aromatic N) is 2. The third kappa shape index (κ3) is 4.55. The number of ether oxygens (including phenoxy) is 1. The van der Waals surface area contributed by atoms with Crippen LogP contribution in [0.2, 0.25) is 0 Å². The van der Waals surface area contributed by atoms with Crippen LogP contribution in [-0.4, -0.2) is 37.6 Å². The van der Waals surface area contributed by atoms with E-state index in [9.17, 15) is 14.9 Å². The van der Waals surface area contributed by atoms with Crippen molar-refractivity contribution in [3.8, 4) is 6.07 Å². The lowest BCUT2D eigenvalue weighted by Crippen LogP contribution is -2.32. The number of rotatable bonds is 7. The fourth-order valence-corrected chi connectivity index (χ4v) is 1.43. The van der Waals surface area contributed by atoms with E-state index in [-0.39, 0.29) is 23.7 Å². The Morgan fingerprint density at radius 1 is 1.55 bits per heavy atom. The molecule has 0 spiro atoms. The minimum atomic E-state index is -0.625. The van der Waals surface area contributed by atoms with E-state index in [1.54, 1.807) is 6.07 Å². The molecule has 1 amide bonds. The molecular weight excluding hydrogens is 264 g/mol. The van der Waals surface area contributed by atoms with Crippen molar-refractivity contribution >= 4 is 17.3 Å². The molecule has 8 nitrogen and oxygen atoms in total. The highest BCUT2D eigenvalue weighted by Crippen LogP contribution is 2.21. The van der Waals surface area contributed by atoms with E-state index in [0.29, 0.717) is 18.8 Å². The molecule has 0 aromatic heterocycles. The van der Waals surface area contributed by atoms with E-state index < -0.39 is 4.92 Å². The summed E-state index contributed by atoms with van der Waals surface area (Å²) >= 11 is 0. The molecule has 2 N–H and O–H groups in total. The van der Waals surface area contributed by atoms with Crippen molar-refractivity contribution in [3.63, 3.8) is 0 Å². The van der Waals surface area contributed by atoms with Crippen LogP contribution in [-0.2, 0) is 9.53 Å². The Morgan fingerprint density at radius 2 is 2.30 bits per heavy atom. The summed E-state index contributed by atoms with van der Waals surface area (Å²) in [5.41, 5.74) is 0.149. The van der Waals surface area contributed by atoms with Gasteiger partial charge in [0.05, 0.1) is 18.1 Å². The van der Waals surface area contributed by atoms with Gasteiger partial charge in [0, 0.05) is 25.4 Å². The van der Waals surface area contributed by atoms with Crippen molar-refractivity contribution in [2.45, 2.75) is 0 Å². The van der Waals surface area contributed by atoms with Gasteiger partial charge >= 0.3 is 0 Å². The minimum Gasteiger partial charge on any atom is -0.383 e. The maximum absolute atomic E-state index is 11.4. The molecule has 0 saturated carbocycles.